The SMILES string of the molecule is CCOCCn1c(=O)c2c(nc3n2CCN3c2cc(Cl)ccc2OC)n(C)c1=O. The first-order valence-electron chi connectivity index (χ1n) is 9.36. The molecule has 0 N–H and O–H groups in total. The average molecular weight is 420 g/mol. The highest BCUT2D eigenvalue weighted by Gasteiger charge is 2.30. The lowest BCUT2D eigenvalue weighted by molar-refractivity contribution is 0.137. The van der Waals surface area contributed by atoms with Crippen LogP contribution in [0.5, 0.6) is 5.75 Å². The van der Waals surface area contributed by atoms with Gasteiger partial charge in [0.15, 0.2) is 11.2 Å². The summed E-state index contributed by atoms with van der Waals surface area (Å²) in [6.45, 7) is 4.05. The predicted molar refractivity (Wildman–Crippen MR) is 111 cm³/mol. The van der Waals surface area contributed by atoms with Gasteiger partial charge in [-0.15, -0.1) is 0 Å². The van der Waals surface area contributed by atoms with Crippen LogP contribution in [0, 0.1) is 0 Å². The van der Waals surface area contributed by atoms with Gasteiger partial charge in [0.2, 0.25) is 5.95 Å². The minimum atomic E-state index is -0.411. The molecule has 4 rings (SSSR count). The van der Waals surface area contributed by atoms with Gasteiger partial charge in [0, 0.05) is 31.8 Å². The van der Waals surface area contributed by atoms with Crippen molar-refractivity contribution in [2.75, 3.05) is 31.8 Å². The molecule has 0 saturated heterocycles. The number of hydrogen-bond acceptors (Lipinski definition) is 6. The quantitative estimate of drug-likeness (QED) is 0.566. The molecule has 0 fully saturated rings. The number of methoxy groups -OCH3 is 1. The van der Waals surface area contributed by atoms with E-state index in [4.69, 9.17) is 21.1 Å². The summed E-state index contributed by atoms with van der Waals surface area (Å²) in [6, 6.07) is 5.35. The Morgan fingerprint density at radius 3 is 2.76 bits per heavy atom. The summed E-state index contributed by atoms with van der Waals surface area (Å²) < 4.78 is 15.2. The minimum Gasteiger partial charge on any atom is -0.495 e. The molecule has 0 atom stereocenters. The van der Waals surface area contributed by atoms with Crippen molar-refractivity contribution < 1.29 is 9.47 Å². The molecule has 0 aliphatic carbocycles. The number of aromatic nitrogens is 4. The number of aryl methyl sites for hydroxylation is 1. The van der Waals surface area contributed by atoms with Crippen molar-refractivity contribution in [3.63, 3.8) is 0 Å². The van der Waals surface area contributed by atoms with E-state index in [1.165, 1.54) is 9.13 Å². The molecule has 2 aromatic heterocycles. The molecule has 0 radical (unpaired) electrons. The summed E-state index contributed by atoms with van der Waals surface area (Å²) in [6.07, 6.45) is 0. The number of rotatable bonds is 6. The Kier molecular flexibility index (Phi) is 5.10. The fraction of sp³-hybridized carbons (Fsp3) is 0.421. The molecular weight excluding hydrogens is 398 g/mol. The van der Waals surface area contributed by atoms with E-state index < -0.39 is 5.69 Å². The fourth-order valence-electron chi connectivity index (χ4n) is 3.68. The molecule has 0 bridgehead atoms. The molecule has 154 valence electrons. The Morgan fingerprint density at radius 2 is 2.03 bits per heavy atom. The van der Waals surface area contributed by atoms with E-state index in [-0.39, 0.29) is 12.1 Å². The van der Waals surface area contributed by atoms with Crippen molar-refractivity contribution in [3.05, 3.63) is 44.1 Å². The van der Waals surface area contributed by atoms with Gasteiger partial charge >= 0.3 is 5.69 Å². The lowest BCUT2D eigenvalue weighted by atomic mass is 10.2. The average Bonchev–Trinajstić information content (AvgIpc) is 3.28. The molecule has 3 aromatic rings. The number of anilines is 2. The topological polar surface area (TPSA) is 83.5 Å². The zero-order valence-electron chi connectivity index (χ0n) is 16.5. The predicted octanol–water partition coefficient (Wildman–Crippen LogP) is 1.75. The zero-order chi connectivity index (χ0) is 20.7. The van der Waals surface area contributed by atoms with E-state index in [0.29, 0.717) is 54.2 Å². The summed E-state index contributed by atoms with van der Waals surface area (Å²) in [5.41, 5.74) is 0.749. The third kappa shape index (κ3) is 3.10. The van der Waals surface area contributed by atoms with Crippen LogP contribution in [-0.4, -0.2) is 45.6 Å². The fourth-order valence-corrected chi connectivity index (χ4v) is 3.84. The van der Waals surface area contributed by atoms with E-state index in [1.54, 1.807) is 32.4 Å². The van der Waals surface area contributed by atoms with E-state index in [9.17, 15) is 9.59 Å². The molecule has 3 heterocycles. The summed E-state index contributed by atoms with van der Waals surface area (Å²) in [7, 11) is 3.21. The maximum Gasteiger partial charge on any atom is 0.332 e. The van der Waals surface area contributed by atoms with Gasteiger partial charge < -0.3 is 18.9 Å². The molecule has 0 unspecified atom stereocenters. The van der Waals surface area contributed by atoms with Crippen LogP contribution < -0.4 is 20.9 Å². The van der Waals surface area contributed by atoms with Crippen LogP contribution in [0.4, 0.5) is 11.6 Å². The first kappa shape index (κ1) is 19.5. The number of benzene rings is 1. The highest BCUT2D eigenvalue weighted by Crippen LogP contribution is 2.38. The van der Waals surface area contributed by atoms with Gasteiger partial charge in [0.25, 0.3) is 5.56 Å². The normalized spacial score (nSPS) is 13.3. The first-order chi connectivity index (χ1) is 14.0. The molecule has 10 heteroatoms. The number of ether oxygens (including phenoxy) is 2. The first-order valence-corrected chi connectivity index (χ1v) is 9.74. The number of nitrogens with zero attached hydrogens (tertiary/aromatic N) is 5. The Morgan fingerprint density at radius 1 is 1.24 bits per heavy atom. The number of halogens is 1. The van der Waals surface area contributed by atoms with Crippen molar-refractivity contribution in [2.45, 2.75) is 20.0 Å². The lowest BCUT2D eigenvalue weighted by Crippen LogP contribution is -2.40. The number of fused-ring (bicyclic) bond motifs is 3. The molecular formula is C19H22ClN5O4. The van der Waals surface area contributed by atoms with Gasteiger partial charge in [-0.2, -0.15) is 4.98 Å². The second-order valence-electron chi connectivity index (χ2n) is 6.70. The Labute approximate surface area is 171 Å². The van der Waals surface area contributed by atoms with Gasteiger partial charge in [-0.1, -0.05) is 11.6 Å². The minimum absolute atomic E-state index is 0.196. The van der Waals surface area contributed by atoms with Gasteiger partial charge in [0.1, 0.15) is 5.75 Å². The van der Waals surface area contributed by atoms with Crippen molar-refractivity contribution in [2.24, 2.45) is 7.05 Å². The molecule has 0 amide bonds. The van der Waals surface area contributed by atoms with E-state index in [0.717, 1.165) is 5.69 Å². The Bertz CT molecular complexity index is 1200. The van der Waals surface area contributed by atoms with Gasteiger partial charge in [-0.05, 0) is 25.1 Å². The van der Waals surface area contributed by atoms with Crippen LogP contribution in [0.25, 0.3) is 11.2 Å². The van der Waals surface area contributed by atoms with Gasteiger partial charge in [0.05, 0.1) is 25.9 Å². The van der Waals surface area contributed by atoms with Crippen LogP contribution in [0.1, 0.15) is 6.92 Å². The molecule has 1 aromatic carbocycles. The van der Waals surface area contributed by atoms with Crippen molar-refractivity contribution in [3.8, 4) is 5.75 Å². The van der Waals surface area contributed by atoms with E-state index in [2.05, 4.69) is 4.98 Å². The summed E-state index contributed by atoms with van der Waals surface area (Å²) in [5.74, 6) is 1.23. The zero-order valence-corrected chi connectivity index (χ0v) is 17.3. The van der Waals surface area contributed by atoms with Crippen LogP contribution in [0.15, 0.2) is 27.8 Å². The highest BCUT2D eigenvalue weighted by molar-refractivity contribution is 6.31. The van der Waals surface area contributed by atoms with Gasteiger partial charge in [-0.25, -0.2) is 4.79 Å². The summed E-state index contributed by atoms with van der Waals surface area (Å²) in [5, 5.41) is 0.570. The Hall–Kier alpha value is -2.78. The van der Waals surface area contributed by atoms with E-state index >= 15 is 0 Å². The molecule has 29 heavy (non-hydrogen) atoms. The molecule has 1 aliphatic heterocycles. The highest BCUT2D eigenvalue weighted by atomic mass is 35.5. The monoisotopic (exact) mass is 419 g/mol. The van der Waals surface area contributed by atoms with E-state index in [1.807, 2.05) is 16.4 Å². The van der Waals surface area contributed by atoms with Crippen LogP contribution >= 0.6 is 11.6 Å². The van der Waals surface area contributed by atoms with Crippen molar-refractivity contribution in [1.29, 1.82) is 0 Å². The third-order valence-electron chi connectivity index (χ3n) is 5.10. The second-order valence-corrected chi connectivity index (χ2v) is 7.14. The van der Waals surface area contributed by atoms with Crippen LogP contribution in [0.2, 0.25) is 5.02 Å². The van der Waals surface area contributed by atoms with Gasteiger partial charge in [-0.3, -0.25) is 13.9 Å². The smallest absolute Gasteiger partial charge is 0.332 e. The molecule has 9 nitrogen and oxygen atoms in total. The Balaban J connectivity index is 1.88. The molecule has 0 saturated carbocycles. The number of imidazole rings is 1. The third-order valence-corrected chi connectivity index (χ3v) is 5.33. The molecule has 0 spiro atoms. The maximum atomic E-state index is 13.1. The number of hydrogen-bond donors (Lipinski definition) is 0. The van der Waals surface area contributed by atoms with Crippen molar-refractivity contribution in [1.82, 2.24) is 18.7 Å². The lowest BCUT2D eigenvalue weighted by Gasteiger charge is -2.19. The molecule has 1 aliphatic rings. The largest absolute Gasteiger partial charge is 0.495 e. The van der Waals surface area contributed by atoms with Crippen LogP contribution in [-0.2, 0) is 24.9 Å². The standard InChI is InChI=1S/C19H22ClN5O4/c1-4-29-10-9-25-17(26)15-16(22(2)19(25)27)21-18-23(7-8-24(15)18)13-11-12(20)5-6-14(13)28-3/h5-6,11H,4,7-10H2,1-3H3. The second kappa shape index (κ2) is 7.57. The maximum absolute atomic E-state index is 13.1. The summed E-state index contributed by atoms with van der Waals surface area (Å²) >= 11 is 6.19. The van der Waals surface area contributed by atoms with Crippen molar-refractivity contribution >= 4 is 34.4 Å². The summed E-state index contributed by atoms with van der Waals surface area (Å²) in [4.78, 5) is 32.4. The van der Waals surface area contributed by atoms with Crippen LogP contribution in [0.3, 0.4) is 0 Å².